The van der Waals surface area contributed by atoms with Gasteiger partial charge in [-0.15, -0.1) is 0 Å². The van der Waals surface area contributed by atoms with Gasteiger partial charge in [0.05, 0.1) is 11.6 Å². The lowest BCUT2D eigenvalue weighted by molar-refractivity contribution is 0.269. The Morgan fingerprint density at radius 2 is 1.47 bits per heavy atom. The molecule has 7 heteroatoms. The third-order valence-corrected chi connectivity index (χ3v) is 5.47. The van der Waals surface area contributed by atoms with Crippen molar-refractivity contribution in [3.05, 3.63) is 92.2 Å². The average Bonchev–Trinajstić information content (AvgIpc) is 2.71. The zero-order valence-corrected chi connectivity index (χ0v) is 18.6. The summed E-state index contributed by atoms with van der Waals surface area (Å²) in [6, 6.07) is 15.4. The van der Waals surface area contributed by atoms with Gasteiger partial charge in [0, 0.05) is 34.8 Å². The van der Waals surface area contributed by atoms with Crippen molar-refractivity contribution in [1.82, 2.24) is 5.32 Å². The summed E-state index contributed by atoms with van der Waals surface area (Å²) in [5, 5.41) is 4.91. The maximum absolute atomic E-state index is 13.2. The highest BCUT2D eigenvalue weighted by molar-refractivity contribution is 6.32. The molecule has 0 radical (unpaired) electrons. The van der Waals surface area contributed by atoms with Crippen molar-refractivity contribution in [3.8, 4) is 11.5 Å². The lowest BCUT2D eigenvalue weighted by Gasteiger charge is -2.16. The predicted octanol–water partition coefficient (Wildman–Crippen LogP) is 7.05. The van der Waals surface area contributed by atoms with E-state index in [1.54, 1.807) is 12.1 Å². The maximum atomic E-state index is 13.2. The molecule has 30 heavy (non-hydrogen) atoms. The van der Waals surface area contributed by atoms with Gasteiger partial charge in [0.15, 0.2) is 11.5 Å². The first-order chi connectivity index (χ1) is 14.5. The Balaban J connectivity index is 1.70. The first-order valence-electron chi connectivity index (χ1n) is 9.44. The van der Waals surface area contributed by atoms with E-state index in [0.717, 1.165) is 11.1 Å². The molecule has 0 saturated carbocycles. The predicted molar refractivity (Wildman–Crippen MR) is 120 cm³/mol. The molecule has 3 aromatic carbocycles. The first-order valence-corrected chi connectivity index (χ1v) is 10.6. The van der Waals surface area contributed by atoms with Crippen LogP contribution in [0.3, 0.4) is 0 Å². The van der Waals surface area contributed by atoms with Crippen molar-refractivity contribution in [1.29, 1.82) is 0 Å². The van der Waals surface area contributed by atoms with Crippen LogP contribution in [0.15, 0.2) is 54.6 Å². The Morgan fingerprint density at radius 3 is 2.20 bits per heavy atom. The highest BCUT2D eigenvalue weighted by atomic mass is 35.5. The zero-order valence-electron chi connectivity index (χ0n) is 16.4. The molecule has 0 bridgehead atoms. The quantitative estimate of drug-likeness (QED) is 0.365. The molecule has 3 rings (SSSR count). The highest BCUT2D eigenvalue weighted by Gasteiger charge is 2.13. The van der Waals surface area contributed by atoms with Gasteiger partial charge in [0.25, 0.3) is 0 Å². The molecule has 0 saturated heterocycles. The highest BCUT2D eigenvalue weighted by Crippen LogP contribution is 2.35. The van der Waals surface area contributed by atoms with E-state index in [2.05, 4.69) is 5.32 Å². The first kappa shape index (κ1) is 22.7. The van der Waals surface area contributed by atoms with Crippen molar-refractivity contribution < 1.29 is 13.9 Å². The second kappa shape index (κ2) is 10.9. The second-order valence-electron chi connectivity index (χ2n) is 6.54. The molecule has 0 unspecified atom stereocenters. The zero-order chi connectivity index (χ0) is 21.5. The van der Waals surface area contributed by atoms with Crippen LogP contribution in [0, 0.1) is 5.82 Å². The molecule has 0 amide bonds. The van der Waals surface area contributed by atoms with Gasteiger partial charge in [0.2, 0.25) is 0 Å². The number of halogens is 4. The van der Waals surface area contributed by atoms with E-state index in [1.165, 1.54) is 12.1 Å². The van der Waals surface area contributed by atoms with Crippen molar-refractivity contribution in [3.63, 3.8) is 0 Å². The van der Waals surface area contributed by atoms with Crippen molar-refractivity contribution in [2.45, 2.75) is 26.6 Å². The standard InChI is InChI=1S/C23H21Cl3FNO2/c1-2-29-22-9-17(13-28-12-15-5-3-4-6-19(15)24)21(26)11-23(22)30-14-16-7-8-18(27)10-20(16)25/h3-11,28H,2,12-14H2,1H3. The molecule has 0 aliphatic rings. The van der Waals surface area contributed by atoms with E-state index in [0.29, 0.717) is 51.8 Å². The van der Waals surface area contributed by atoms with Gasteiger partial charge < -0.3 is 14.8 Å². The second-order valence-corrected chi connectivity index (χ2v) is 7.76. The normalized spacial score (nSPS) is 10.8. The largest absolute Gasteiger partial charge is 0.490 e. The SMILES string of the molecule is CCOc1cc(CNCc2ccccc2Cl)c(Cl)cc1OCc1ccc(F)cc1Cl. The number of rotatable bonds is 9. The van der Waals surface area contributed by atoms with Crippen LogP contribution in [0.4, 0.5) is 4.39 Å². The summed E-state index contributed by atoms with van der Waals surface area (Å²) in [5.74, 6) is 0.683. The number of hydrogen-bond acceptors (Lipinski definition) is 3. The Hall–Kier alpha value is -1.98. The third kappa shape index (κ3) is 6.02. The van der Waals surface area contributed by atoms with Crippen molar-refractivity contribution in [2.75, 3.05) is 6.61 Å². The molecule has 1 N–H and O–H groups in total. The van der Waals surface area contributed by atoms with Gasteiger partial charge in [-0.05, 0) is 42.3 Å². The van der Waals surface area contributed by atoms with E-state index < -0.39 is 5.82 Å². The molecular weight excluding hydrogens is 448 g/mol. The molecule has 0 aliphatic heterocycles. The van der Waals surface area contributed by atoms with Crippen LogP contribution < -0.4 is 14.8 Å². The Labute approximate surface area is 190 Å². The number of ether oxygens (including phenoxy) is 2. The molecule has 0 spiro atoms. The molecule has 3 nitrogen and oxygen atoms in total. The van der Waals surface area contributed by atoms with Crippen LogP contribution in [0.5, 0.6) is 11.5 Å². The van der Waals surface area contributed by atoms with Gasteiger partial charge in [-0.2, -0.15) is 0 Å². The van der Waals surface area contributed by atoms with E-state index in [4.69, 9.17) is 44.3 Å². The van der Waals surface area contributed by atoms with Crippen LogP contribution in [0.25, 0.3) is 0 Å². The Bertz CT molecular complexity index is 1010. The minimum atomic E-state index is -0.393. The van der Waals surface area contributed by atoms with E-state index >= 15 is 0 Å². The fourth-order valence-electron chi connectivity index (χ4n) is 2.86. The fourth-order valence-corrected chi connectivity index (χ4v) is 3.51. The average molecular weight is 469 g/mol. The number of hydrogen-bond donors (Lipinski definition) is 1. The topological polar surface area (TPSA) is 30.5 Å². The smallest absolute Gasteiger partial charge is 0.163 e. The van der Waals surface area contributed by atoms with E-state index in [-0.39, 0.29) is 6.61 Å². The third-order valence-electron chi connectivity index (χ3n) is 4.40. The van der Waals surface area contributed by atoms with Crippen LogP contribution in [-0.4, -0.2) is 6.61 Å². The minimum absolute atomic E-state index is 0.166. The van der Waals surface area contributed by atoms with Gasteiger partial charge in [-0.25, -0.2) is 4.39 Å². The molecule has 0 fully saturated rings. The van der Waals surface area contributed by atoms with Crippen LogP contribution >= 0.6 is 34.8 Å². The Kier molecular flexibility index (Phi) is 8.23. The summed E-state index contributed by atoms with van der Waals surface area (Å²) < 4.78 is 24.8. The lowest BCUT2D eigenvalue weighted by Crippen LogP contribution is -2.13. The van der Waals surface area contributed by atoms with E-state index in [1.807, 2.05) is 37.3 Å². The van der Waals surface area contributed by atoms with Crippen LogP contribution in [0.1, 0.15) is 23.6 Å². The molecular formula is C23H21Cl3FNO2. The maximum Gasteiger partial charge on any atom is 0.163 e. The van der Waals surface area contributed by atoms with Crippen molar-refractivity contribution in [2.24, 2.45) is 0 Å². The summed E-state index contributed by atoms with van der Waals surface area (Å²) in [6.07, 6.45) is 0. The molecule has 0 atom stereocenters. The van der Waals surface area contributed by atoms with Crippen LogP contribution in [0.2, 0.25) is 15.1 Å². The van der Waals surface area contributed by atoms with Crippen molar-refractivity contribution >= 4 is 34.8 Å². The monoisotopic (exact) mass is 467 g/mol. The number of benzene rings is 3. The van der Waals surface area contributed by atoms with E-state index in [9.17, 15) is 4.39 Å². The summed E-state index contributed by atoms with van der Waals surface area (Å²) in [4.78, 5) is 0. The van der Waals surface area contributed by atoms with Crippen LogP contribution in [-0.2, 0) is 19.7 Å². The molecule has 158 valence electrons. The molecule has 3 aromatic rings. The van der Waals surface area contributed by atoms with Gasteiger partial charge in [0.1, 0.15) is 12.4 Å². The summed E-state index contributed by atoms with van der Waals surface area (Å²) in [7, 11) is 0. The Morgan fingerprint density at radius 1 is 0.767 bits per heavy atom. The van der Waals surface area contributed by atoms with Gasteiger partial charge in [-0.3, -0.25) is 0 Å². The molecule has 0 aliphatic carbocycles. The lowest BCUT2D eigenvalue weighted by atomic mass is 10.1. The number of nitrogens with one attached hydrogen (secondary N) is 1. The summed E-state index contributed by atoms with van der Waals surface area (Å²) in [5.41, 5.74) is 2.55. The summed E-state index contributed by atoms with van der Waals surface area (Å²) in [6.45, 7) is 3.68. The summed E-state index contributed by atoms with van der Waals surface area (Å²) >= 11 is 18.7. The minimum Gasteiger partial charge on any atom is -0.490 e. The fraction of sp³-hybridized carbons (Fsp3) is 0.217. The van der Waals surface area contributed by atoms with Gasteiger partial charge >= 0.3 is 0 Å². The van der Waals surface area contributed by atoms with Gasteiger partial charge in [-0.1, -0.05) is 59.1 Å². The molecule has 0 heterocycles. The molecule has 0 aromatic heterocycles.